The van der Waals surface area contributed by atoms with Gasteiger partial charge in [0, 0.05) is 6.07 Å². The summed E-state index contributed by atoms with van der Waals surface area (Å²) in [5.74, 6) is 0.246. The van der Waals surface area contributed by atoms with Crippen LogP contribution in [-0.4, -0.2) is 18.6 Å². The first kappa shape index (κ1) is 12.4. The van der Waals surface area contributed by atoms with Gasteiger partial charge in [0.25, 0.3) is 10.0 Å². The van der Waals surface area contributed by atoms with Gasteiger partial charge in [0.05, 0.1) is 21.7 Å². The summed E-state index contributed by atoms with van der Waals surface area (Å²) >= 11 is 5.78. The first-order chi connectivity index (χ1) is 8.53. The van der Waals surface area contributed by atoms with E-state index in [2.05, 4.69) is 14.9 Å². The van der Waals surface area contributed by atoms with E-state index in [4.69, 9.17) is 16.9 Å². The largest absolute Gasteiger partial charge is 0.264 e. The summed E-state index contributed by atoms with van der Waals surface area (Å²) in [7, 11) is -3.75. The number of nitrogens with zero attached hydrogens (tertiary/aromatic N) is 2. The molecule has 18 heavy (non-hydrogen) atoms. The number of aromatic amines is 1. The number of sulfonamides is 1. The van der Waals surface area contributed by atoms with Crippen LogP contribution in [-0.2, 0) is 10.0 Å². The molecule has 0 unspecified atom stereocenters. The Hall–Kier alpha value is -2.04. The molecule has 8 heteroatoms. The van der Waals surface area contributed by atoms with Crippen LogP contribution in [0.1, 0.15) is 5.56 Å². The van der Waals surface area contributed by atoms with Gasteiger partial charge in [0.1, 0.15) is 11.9 Å². The van der Waals surface area contributed by atoms with E-state index < -0.39 is 10.0 Å². The van der Waals surface area contributed by atoms with Gasteiger partial charge in [-0.2, -0.15) is 10.4 Å². The fourth-order valence-corrected chi connectivity index (χ4v) is 2.60. The van der Waals surface area contributed by atoms with Crippen molar-refractivity contribution in [2.45, 2.75) is 4.90 Å². The maximum absolute atomic E-state index is 12.0. The van der Waals surface area contributed by atoms with Gasteiger partial charge in [0.2, 0.25) is 0 Å². The lowest BCUT2D eigenvalue weighted by atomic mass is 10.2. The molecule has 0 spiro atoms. The average molecular weight is 283 g/mol. The molecule has 1 aromatic heterocycles. The fraction of sp³-hybridized carbons (Fsp3) is 0. The molecule has 2 rings (SSSR count). The van der Waals surface area contributed by atoms with Gasteiger partial charge in [0.15, 0.2) is 0 Å². The minimum absolute atomic E-state index is 0.0268. The Bertz CT molecular complexity index is 704. The molecule has 0 amide bonds. The van der Waals surface area contributed by atoms with Crippen molar-refractivity contribution in [3.8, 4) is 6.07 Å². The number of benzene rings is 1. The van der Waals surface area contributed by atoms with Gasteiger partial charge < -0.3 is 0 Å². The summed E-state index contributed by atoms with van der Waals surface area (Å²) in [4.78, 5) is -0.0268. The first-order valence-corrected chi connectivity index (χ1v) is 6.61. The number of hydrogen-bond donors (Lipinski definition) is 2. The fourth-order valence-electron chi connectivity index (χ4n) is 1.27. The van der Waals surface area contributed by atoms with Crippen LogP contribution in [0.25, 0.3) is 0 Å². The van der Waals surface area contributed by atoms with Crippen LogP contribution < -0.4 is 4.72 Å². The van der Waals surface area contributed by atoms with Crippen LogP contribution in [0.15, 0.2) is 35.4 Å². The van der Waals surface area contributed by atoms with Crippen molar-refractivity contribution in [3.63, 3.8) is 0 Å². The molecular weight excluding hydrogens is 276 g/mol. The second-order valence-corrected chi connectivity index (χ2v) is 5.42. The lowest BCUT2D eigenvalue weighted by Crippen LogP contribution is -2.13. The molecule has 0 aliphatic rings. The Morgan fingerprint density at radius 3 is 2.72 bits per heavy atom. The number of H-pyrrole nitrogens is 1. The zero-order valence-corrected chi connectivity index (χ0v) is 10.5. The van der Waals surface area contributed by atoms with E-state index in [1.54, 1.807) is 0 Å². The van der Waals surface area contributed by atoms with E-state index in [0.29, 0.717) is 0 Å². The topological polar surface area (TPSA) is 98.6 Å². The highest BCUT2D eigenvalue weighted by atomic mass is 35.5. The van der Waals surface area contributed by atoms with E-state index in [0.717, 1.165) is 0 Å². The maximum Gasteiger partial charge on any atom is 0.263 e. The maximum atomic E-state index is 12.0. The minimum Gasteiger partial charge on any atom is -0.264 e. The molecule has 6 nitrogen and oxygen atoms in total. The zero-order chi connectivity index (χ0) is 13.2. The quantitative estimate of drug-likeness (QED) is 0.895. The van der Waals surface area contributed by atoms with Crippen molar-refractivity contribution >= 4 is 27.4 Å². The van der Waals surface area contributed by atoms with E-state index in [9.17, 15) is 8.42 Å². The summed E-state index contributed by atoms with van der Waals surface area (Å²) in [5, 5.41) is 14.9. The van der Waals surface area contributed by atoms with Crippen LogP contribution in [0.2, 0.25) is 5.02 Å². The summed E-state index contributed by atoms with van der Waals surface area (Å²) in [6.45, 7) is 0. The highest BCUT2D eigenvalue weighted by Gasteiger charge is 2.16. The minimum atomic E-state index is -3.75. The van der Waals surface area contributed by atoms with Crippen LogP contribution >= 0.6 is 11.6 Å². The molecule has 0 atom stereocenters. The SMILES string of the molecule is N#Cc1ccc(S(=O)(=O)Nc2ccn[nH]2)cc1Cl. The highest BCUT2D eigenvalue weighted by Crippen LogP contribution is 2.21. The molecule has 92 valence electrons. The molecule has 0 fully saturated rings. The van der Waals surface area contributed by atoms with Crippen molar-refractivity contribution in [1.29, 1.82) is 5.26 Å². The molecule has 0 radical (unpaired) electrons. The normalized spacial score (nSPS) is 10.9. The van der Waals surface area contributed by atoms with Crippen LogP contribution in [0.4, 0.5) is 5.82 Å². The second-order valence-electron chi connectivity index (χ2n) is 3.33. The van der Waals surface area contributed by atoms with E-state index in [1.165, 1.54) is 30.5 Å². The lowest BCUT2D eigenvalue weighted by Gasteiger charge is -2.06. The van der Waals surface area contributed by atoms with Crippen molar-refractivity contribution in [2.24, 2.45) is 0 Å². The number of nitriles is 1. The molecule has 2 N–H and O–H groups in total. The molecule has 2 aromatic rings. The molecular formula is C10H7ClN4O2S. The smallest absolute Gasteiger partial charge is 0.263 e. The van der Waals surface area contributed by atoms with Gasteiger partial charge >= 0.3 is 0 Å². The Morgan fingerprint density at radius 2 is 2.17 bits per heavy atom. The van der Waals surface area contributed by atoms with Gasteiger partial charge in [-0.1, -0.05) is 11.6 Å². The molecule has 0 bridgehead atoms. The van der Waals surface area contributed by atoms with E-state index in [-0.39, 0.29) is 21.3 Å². The predicted molar refractivity (Wildman–Crippen MR) is 65.6 cm³/mol. The number of aromatic nitrogens is 2. The van der Waals surface area contributed by atoms with Crippen LogP contribution in [0, 0.1) is 11.3 Å². The van der Waals surface area contributed by atoms with Crippen molar-refractivity contribution in [3.05, 3.63) is 41.0 Å². The Kier molecular flexibility index (Phi) is 3.23. The molecule has 1 heterocycles. The van der Waals surface area contributed by atoms with E-state index >= 15 is 0 Å². The van der Waals surface area contributed by atoms with Gasteiger partial charge in [-0.15, -0.1) is 0 Å². The third-order valence-corrected chi connectivity index (χ3v) is 3.79. The zero-order valence-electron chi connectivity index (χ0n) is 8.88. The van der Waals surface area contributed by atoms with Gasteiger partial charge in [-0.3, -0.25) is 9.82 Å². The van der Waals surface area contributed by atoms with Crippen LogP contribution in [0.5, 0.6) is 0 Å². The third-order valence-electron chi connectivity index (χ3n) is 2.12. The Labute approximate surface area is 108 Å². The van der Waals surface area contributed by atoms with Crippen molar-refractivity contribution < 1.29 is 8.42 Å². The number of rotatable bonds is 3. The monoisotopic (exact) mass is 282 g/mol. The first-order valence-electron chi connectivity index (χ1n) is 4.75. The summed E-state index contributed by atoms with van der Waals surface area (Å²) in [6, 6.07) is 7.21. The second kappa shape index (κ2) is 4.68. The van der Waals surface area contributed by atoms with Crippen molar-refractivity contribution in [1.82, 2.24) is 10.2 Å². The standard InChI is InChI=1S/C10H7ClN4O2S/c11-9-5-8(2-1-7(9)6-12)18(16,17)15-10-3-4-13-14-10/h1-5H,(H2,13,14,15). The third kappa shape index (κ3) is 2.45. The molecule has 0 aliphatic carbocycles. The van der Waals surface area contributed by atoms with Crippen molar-refractivity contribution in [2.75, 3.05) is 4.72 Å². The number of halogens is 1. The Balaban J connectivity index is 2.36. The van der Waals surface area contributed by atoms with E-state index in [1.807, 2.05) is 6.07 Å². The molecule has 0 aliphatic heterocycles. The summed E-state index contributed by atoms with van der Waals surface area (Å²) in [5.41, 5.74) is 0.220. The average Bonchev–Trinajstić information content (AvgIpc) is 2.81. The number of hydrogen-bond acceptors (Lipinski definition) is 4. The summed E-state index contributed by atoms with van der Waals surface area (Å²) < 4.78 is 26.2. The molecule has 0 saturated heterocycles. The summed E-state index contributed by atoms with van der Waals surface area (Å²) in [6.07, 6.45) is 1.42. The molecule has 0 saturated carbocycles. The number of nitrogens with one attached hydrogen (secondary N) is 2. The predicted octanol–water partition coefficient (Wildman–Crippen LogP) is 1.74. The van der Waals surface area contributed by atoms with Crippen LogP contribution in [0.3, 0.4) is 0 Å². The number of anilines is 1. The Morgan fingerprint density at radius 1 is 1.39 bits per heavy atom. The highest BCUT2D eigenvalue weighted by molar-refractivity contribution is 7.92. The molecule has 1 aromatic carbocycles. The van der Waals surface area contributed by atoms with Gasteiger partial charge in [-0.25, -0.2) is 8.42 Å². The van der Waals surface area contributed by atoms with Gasteiger partial charge in [-0.05, 0) is 18.2 Å². The lowest BCUT2D eigenvalue weighted by molar-refractivity contribution is 0.601.